The number of benzene rings is 4. The summed E-state index contributed by atoms with van der Waals surface area (Å²) in [4.78, 5) is 0. The Kier molecular flexibility index (Phi) is 29.0. The summed E-state index contributed by atoms with van der Waals surface area (Å²) in [5.74, 6) is 4.71. The fraction of sp³-hybridized carbons (Fsp3) is 0.538. The number of rotatable bonds is 28. The molecule has 0 aliphatic rings. The predicted molar refractivity (Wildman–Crippen MR) is 282 cm³/mol. The molecule has 0 amide bonds. The first-order chi connectivity index (χ1) is 29.8. The fourth-order valence-electron chi connectivity index (χ4n) is 7.83. The van der Waals surface area contributed by atoms with E-state index >= 15 is 0 Å². The van der Waals surface area contributed by atoms with Gasteiger partial charge in [-0.2, -0.15) is 0 Å². The number of para-hydroxylation sites is 4. The number of unbranched alkanes of at least 4 members (excludes halogenated alkanes) is 8. The second kappa shape index (κ2) is 31.6. The summed E-state index contributed by atoms with van der Waals surface area (Å²) in [7, 11) is 0. The maximum absolute atomic E-state index is 6.22. The van der Waals surface area contributed by atoms with Gasteiger partial charge in [0, 0.05) is 0 Å². The third kappa shape index (κ3) is 21.5. The Labute approximate surface area is 418 Å². The van der Waals surface area contributed by atoms with Gasteiger partial charge in [-0.25, -0.2) is 0 Å². The van der Waals surface area contributed by atoms with E-state index in [1.165, 1.54) is 99.3 Å². The van der Waals surface area contributed by atoms with Crippen molar-refractivity contribution in [1.82, 2.24) is 0 Å². The molecule has 0 N–H and O–H groups in total. The van der Waals surface area contributed by atoms with E-state index in [4.69, 9.17) is 66.2 Å². The first-order valence-corrected chi connectivity index (χ1v) is 30.8. The molecule has 4 unspecified atom stereocenters. The maximum Gasteiger partial charge on any atom is 2.00 e. The standard InChI is InChI=1S/2C26H39O2PS2.Zn/c2*1-5-7-9-15-21(3)23-17-11-13-19-25(23)27-29(30,31)28-26-20-14-12-18-24(26)22(4)16-10-8-6-2;/h2*11-14,17-22H,5-10,15-16H2,1-4H3,(H,30,31);/q;;+2/p-2. The molecule has 4 rings (SSSR count). The Morgan fingerprint density at radius 2 is 0.571 bits per heavy atom. The van der Waals surface area contributed by atoms with Crippen LogP contribution >= 0.6 is 11.4 Å². The first kappa shape index (κ1) is 57.8. The van der Waals surface area contributed by atoms with Gasteiger partial charge in [-0.15, -0.1) is 0 Å². The van der Waals surface area contributed by atoms with E-state index in [2.05, 4.69) is 104 Å². The van der Waals surface area contributed by atoms with Crippen LogP contribution in [0.25, 0.3) is 0 Å². The second-order valence-corrected chi connectivity index (χ2v) is 26.7. The Hall–Kier alpha value is -1.30. The molecule has 0 radical (unpaired) electrons. The number of hydrogen-bond donors (Lipinski definition) is 0. The van der Waals surface area contributed by atoms with E-state index < -0.39 is 11.4 Å². The molecule has 0 fully saturated rings. The van der Waals surface area contributed by atoms with Crippen LogP contribution in [0.4, 0.5) is 0 Å². The summed E-state index contributed by atoms with van der Waals surface area (Å²) in [6, 6.07) is 32.5. The molecule has 0 heterocycles. The maximum atomic E-state index is 6.22. The fourth-order valence-corrected chi connectivity index (χ4v) is 11.5. The van der Waals surface area contributed by atoms with Gasteiger partial charge in [-0.1, -0.05) is 205 Å². The molecule has 0 bridgehead atoms. The van der Waals surface area contributed by atoms with Crippen molar-refractivity contribution in [1.29, 1.82) is 0 Å². The molecule has 0 aliphatic heterocycles. The van der Waals surface area contributed by atoms with Crippen LogP contribution in [0.1, 0.15) is 204 Å². The topological polar surface area (TPSA) is 36.9 Å². The van der Waals surface area contributed by atoms with Crippen LogP contribution in [0.3, 0.4) is 0 Å². The minimum Gasteiger partial charge on any atom is -0.665 e. The van der Waals surface area contributed by atoms with Crippen LogP contribution in [0.5, 0.6) is 23.0 Å². The summed E-state index contributed by atoms with van der Waals surface area (Å²) in [5.41, 5.74) is -1.16. The van der Waals surface area contributed by atoms with E-state index in [1.807, 2.05) is 48.5 Å². The average Bonchev–Trinajstić information content (AvgIpc) is 3.24. The minimum absolute atomic E-state index is 0. The SMILES string of the molecule is CCCCCC(C)c1ccccc1OP(=S)([S-])Oc1ccccc1C(C)CCCCC.CCCCCC(C)c1ccccc1OP(=S)([S-])Oc1ccccc1C(C)CCCCC.[Zn+2]. The van der Waals surface area contributed by atoms with E-state index in [0.717, 1.165) is 48.7 Å². The van der Waals surface area contributed by atoms with Crippen molar-refractivity contribution < 1.29 is 37.6 Å². The zero-order chi connectivity index (χ0) is 45.4. The van der Waals surface area contributed by atoms with E-state index in [1.54, 1.807) is 0 Å². The molecule has 0 saturated carbocycles. The van der Waals surface area contributed by atoms with Gasteiger partial charge in [-0.3, -0.25) is 0 Å². The van der Waals surface area contributed by atoms with Crippen molar-refractivity contribution in [3.63, 3.8) is 0 Å². The van der Waals surface area contributed by atoms with E-state index in [0.29, 0.717) is 23.7 Å². The Morgan fingerprint density at radius 1 is 0.381 bits per heavy atom. The largest absolute Gasteiger partial charge is 2.00 e. The van der Waals surface area contributed by atoms with Gasteiger partial charge in [0.15, 0.2) is 11.4 Å². The molecule has 4 aromatic rings. The molecule has 63 heavy (non-hydrogen) atoms. The van der Waals surface area contributed by atoms with Crippen molar-refractivity contribution in [2.24, 2.45) is 0 Å². The second-order valence-electron chi connectivity index (χ2n) is 17.0. The predicted octanol–water partition coefficient (Wildman–Crippen LogP) is 18.6. The quantitative estimate of drug-likeness (QED) is 0.0241. The summed E-state index contributed by atoms with van der Waals surface area (Å²) >= 11 is 22.8. The van der Waals surface area contributed by atoms with Crippen LogP contribution in [0, 0.1) is 0 Å². The van der Waals surface area contributed by atoms with E-state index in [-0.39, 0.29) is 19.5 Å². The zero-order valence-electron chi connectivity index (χ0n) is 39.7. The molecular formula is C52H76O4P2S4Zn. The van der Waals surface area contributed by atoms with Gasteiger partial charge in [0.05, 0.1) is 0 Å². The third-order valence-corrected chi connectivity index (χ3v) is 15.1. The van der Waals surface area contributed by atoms with Crippen LogP contribution < -0.4 is 18.1 Å². The molecule has 4 aromatic carbocycles. The van der Waals surface area contributed by atoms with Gasteiger partial charge >= 0.3 is 19.5 Å². The van der Waals surface area contributed by atoms with Gasteiger partial charge in [0.25, 0.3) is 0 Å². The van der Waals surface area contributed by atoms with Crippen LogP contribution in [-0.2, 0) is 67.6 Å². The molecule has 4 atom stereocenters. The summed E-state index contributed by atoms with van der Waals surface area (Å²) in [6.07, 6.45) is 19.3. The number of hydrogen-bond acceptors (Lipinski definition) is 8. The molecule has 4 nitrogen and oxygen atoms in total. The average molecular weight is 1020 g/mol. The van der Waals surface area contributed by atoms with Crippen molar-refractivity contribution in [3.8, 4) is 23.0 Å². The summed E-state index contributed by atoms with van der Waals surface area (Å²) in [6.45, 7) is 17.9. The van der Waals surface area contributed by atoms with Crippen molar-refractivity contribution in [2.75, 3.05) is 0 Å². The monoisotopic (exact) mass is 1020 g/mol. The van der Waals surface area contributed by atoms with Crippen molar-refractivity contribution in [2.45, 2.75) is 182 Å². The Bertz CT molecular complexity index is 1690. The Morgan fingerprint density at radius 3 is 0.762 bits per heavy atom. The molecule has 11 heteroatoms. The third-order valence-electron chi connectivity index (χ3n) is 11.6. The molecule has 0 saturated heterocycles. The van der Waals surface area contributed by atoms with Crippen LogP contribution in [0.2, 0.25) is 0 Å². The minimum atomic E-state index is -2.92. The molecule has 0 aliphatic carbocycles. The Balaban J connectivity index is 0.000000427. The van der Waals surface area contributed by atoms with Gasteiger partial charge in [-0.05, 0) is 119 Å². The van der Waals surface area contributed by atoms with Crippen molar-refractivity contribution >= 4 is 59.5 Å². The van der Waals surface area contributed by atoms with Crippen LogP contribution in [-0.4, -0.2) is 0 Å². The normalized spacial score (nSPS) is 14.9. The summed E-state index contributed by atoms with van der Waals surface area (Å²) in [5, 5.41) is 0. The van der Waals surface area contributed by atoms with Crippen LogP contribution in [0.15, 0.2) is 97.1 Å². The molecule has 0 aromatic heterocycles. The van der Waals surface area contributed by atoms with Crippen molar-refractivity contribution in [3.05, 3.63) is 119 Å². The van der Waals surface area contributed by atoms with Gasteiger partial charge in [0.1, 0.15) is 23.0 Å². The van der Waals surface area contributed by atoms with E-state index in [9.17, 15) is 0 Å². The smallest absolute Gasteiger partial charge is 0.665 e. The molecule has 0 spiro atoms. The first-order valence-electron chi connectivity index (χ1n) is 23.5. The van der Waals surface area contributed by atoms with Gasteiger partial charge < -0.3 is 42.6 Å². The molecular weight excluding hydrogens is 944 g/mol. The molecule has 344 valence electrons. The van der Waals surface area contributed by atoms with Gasteiger partial charge in [0.2, 0.25) is 0 Å². The summed E-state index contributed by atoms with van der Waals surface area (Å²) < 4.78 is 24.9. The zero-order valence-corrected chi connectivity index (χ0v) is 47.8.